The van der Waals surface area contributed by atoms with Gasteiger partial charge in [0, 0.05) is 31.8 Å². The highest BCUT2D eigenvalue weighted by Gasteiger charge is 2.35. The number of aliphatic hydroxyl groups is 1. The molecule has 7 heteroatoms. The normalized spacial score (nSPS) is 33.2. The van der Waals surface area contributed by atoms with E-state index in [-0.39, 0.29) is 18.6 Å². The van der Waals surface area contributed by atoms with Crippen LogP contribution in [-0.4, -0.2) is 67.6 Å². The quantitative estimate of drug-likeness (QED) is 0.774. The Morgan fingerprint density at radius 2 is 1.81 bits per heavy atom. The highest BCUT2D eigenvalue weighted by atomic mass is 32.2. The molecule has 3 fully saturated rings. The molecule has 0 aliphatic carbocycles. The SMILES string of the molecule is O=S(=O)(NC1CCN2CCCC2C1)N1CCC(CO)CC1. The molecule has 122 valence electrons. The molecule has 0 spiro atoms. The number of nitrogens with zero attached hydrogens (tertiary/aromatic N) is 2. The summed E-state index contributed by atoms with van der Waals surface area (Å²) < 4.78 is 29.4. The first-order chi connectivity index (χ1) is 10.1. The molecule has 0 saturated carbocycles. The first-order valence-electron chi connectivity index (χ1n) is 8.21. The van der Waals surface area contributed by atoms with Crippen LogP contribution in [0.5, 0.6) is 0 Å². The summed E-state index contributed by atoms with van der Waals surface area (Å²) in [5.41, 5.74) is 0. The van der Waals surface area contributed by atoms with Gasteiger partial charge in [0.05, 0.1) is 0 Å². The zero-order valence-electron chi connectivity index (χ0n) is 12.6. The zero-order chi connectivity index (χ0) is 14.9. The summed E-state index contributed by atoms with van der Waals surface area (Å²) in [6.07, 6.45) is 5.85. The van der Waals surface area contributed by atoms with Crippen LogP contribution in [0.2, 0.25) is 0 Å². The van der Waals surface area contributed by atoms with Crippen LogP contribution in [0.1, 0.15) is 38.5 Å². The van der Waals surface area contributed by atoms with E-state index in [2.05, 4.69) is 9.62 Å². The summed E-state index contributed by atoms with van der Waals surface area (Å²) in [7, 11) is -3.36. The van der Waals surface area contributed by atoms with Crippen LogP contribution in [0, 0.1) is 5.92 Å². The minimum Gasteiger partial charge on any atom is -0.396 e. The third kappa shape index (κ3) is 3.59. The maximum absolute atomic E-state index is 12.5. The lowest BCUT2D eigenvalue weighted by Gasteiger charge is -2.37. The number of hydrogen-bond acceptors (Lipinski definition) is 4. The molecule has 0 aromatic heterocycles. The Kier molecular flexibility index (Phi) is 4.85. The smallest absolute Gasteiger partial charge is 0.279 e. The van der Waals surface area contributed by atoms with Gasteiger partial charge >= 0.3 is 0 Å². The van der Waals surface area contributed by atoms with E-state index < -0.39 is 10.2 Å². The third-order valence-corrected chi connectivity index (χ3v) is 6.98. The molecule has 2 N–H and O–H groups in total. The van der Waals surface area contributed by atoms with Crippen LogP contribution in [0.15, 0.2) is 0 Å². The molecule has 0 amide bonds. The molecule has 21 heavy (non-hydrogen) atoms. The van der Waals surface area contributed by atoms with Crippen LogP contribution in [0.3, 0.4) is 0 Å². The maximum atomic E-state index is 12.5. The second-order valence-corrected chi connectivity index (χ2v) is 8.40. The van der Waals surface area contributed by atoms with Crippen LogP contribution >= 0.6 is 0 Å². The predicted molar refractivity (Wildman–Crippen MR) is 81.1 cm³/mol. The lowest BCUT2D eigenvalue weighted by atomic mass is 9.99. The Morgan fingerprint density at radius 3 is 2.52 bits per heavy atom. The van der Waals surface area contributed by atoms with Crippen molar-refractivity contribution in [3.63, 3.8) is 0 Å². The van der Waals surface area contributed by atoms with Gasteiger partial charge in [0.1, 0.15) is 0 Å². The van der Waals surface area contributed by atoms with Crippen LogP contribution in [0.25, 0.3) is 0 Å². The van der Waals surface area contributed by atoms with Crippen LogP contribution in [-0.2, 0) is 10.2 Å². The molecule has 3 aliphatic rings. The fraction of sp³-hybridized carbons (Fsp3) is 1.00. The Morgan fingerprint density at radius 1 is 1.05 bits per heavy atom. The molecule has 3 aliphatic heterocycles. The van der Waals surface area contributed by atoms with Crippen LogP contribution < -0.4 is 4.72 Å². The Bertz CT molecular complexity index is 448. The van der Waals surface area contributed by atoms with E-state index in [1.54, 1.807) is 4.31 Å². The Balaban J connectivity index is 1.54. The van der Waals surface area contributed by atoms with Gasteiger partial charge in [-0.15, -0.1) is 0 Å². The number of fused-ring (bicyclic) bond motifs is 1. The van der Waals surface area contributed by atoms with Crippen molar-refractivity contribution in [2.75, 3.05) is 32.8 Å². The molecular formula is C14H27N3O3S. The molecule has 0 bridgehead atoms. The standard InChI is InChI=1S/C14H27N3O3S/c18-11-12-3-8-17(9-4-12)21(19,20)15-13-5-7-16-6-1-2-14(16)10-13/h12-15,18H,1-11H2. The Hall–Kier alpha value is -0.210. The topological polar surface area (TPSA) is 72.9 Å². The number of rotatable bonds is 4. The number of piperidine rings is 2. The molecule has 3 saturated heterocycles. The van der Waals surface area contributed by atoms with E-state index in [1.165, 1.54) is 19.4 Å². The van der Waals surface area contributed by atoms with E-state index in [4.69, 9.17) is 5.11 Å². The van der Waals surface area contributed by atoms with Crippen molar-refractivity contribution >= 4 is 10.2 Å². The molecule has 0 aromatic rings. The van der Waals surface area contributed by atoms with E-state index in [9.17, 15) is 8.42 Å². The van der Waals surface area contributed by atoms with Crippen molar-refractivity contribution in [3.05, 3.63) is 0 Å². The highest BCUT2D eigenvalue weighted by molar-refractivity contribution is 7.87. The van der Waals surface area contributed by atoms with Gasteiger partial charge in [-0.25, -0.2) is 0 Å². The summed E-state index contributed by atoms with van der Waals surface area (Å²) in [5, 5.41) is 9.14. The molecule has 6 nitrogen and oxygen atoms in total. The molecular weight excluding hydrogens is 290 g/mol. The summed E-state index contributed by atoms with van der Waals surface area (Å²) in [5.74, 6) is 0.262. The fourth-order valence-electron chi connectivity index (χ4n) is 3.95. The molecule has 2 atom stereocenters. The largest absolute Gasteiger partial charge is 0.396 e. The average molecular weight is 317 g/mol. The molecule has 3 rings (SSSR count). The monoisotopic (exact) mass is 317 g/mol. The Labute approximate surface area is 127 Å². The van der Waals surface area contributed by atoms with Gasteiger partial charge in [-0.05, 0) is 57.5 Å². The van der Waals surface area contributed by atoms with Crippen molar-refractivity contribution in [1.29, 1.82) is 0 Å². The lowest BCUT2D eigenvalue weighted by Crippen LogP contribution is -2.52. The van der Waals surface area contributed by atoms with E-state index in [1.807, 2.05) is 0 Å². The van der Waals surface area contributed by atoms with Crippen molar-refractivity contribution in [3.8, 4) is 0 Å². The number of aliphatic hydroxyl groups excluding tert-OH is 1. The van der Waals surface area contributed by atoms with Gasteiger partial charge in [0.15, 0.2) is 0 Å². The summed E-state index contributed by atoms with van der Waals surface area (Å²) in [6, 6.07) is 0.663. The molecule has 0 aromatic carbocycles. The minimum atomic E-state index is -3.36. The van der Waals surface area contributed by atoms with Gasteiger partial charge in [0.2, 0.25) is 0 Å². The summed E-state index contributed by atoms with van der Waals surface area (Å²) in [6.45, 7) is 3.43. The van der Waals surface area contributed by atoms with Gasteiger partial charge in [0.25, 0.3) is 10.2 Å². The molecule has 3 heterocycles. The molecule has 2 unspecified atom stereocenters. The second-order valence-electron chi connectivity index (χ2n) is 6.70. The number of hydrogen-bond donors (Lipinski definition) is 2. The van der Waals surface area contributed by atoms with E-state index in [0.29, 0.717) is 19.1 Å². The van der Waals surface area contributed by atoms with Crippen LogP contribution in [0.4, 0.5) is 0 Å². The van der Waals surface area contributed by atoms with Gasteiger partial charge in [-0.1, -0.05) is 0 Å². The van der Waals surface area contributed by atoms with Gasteiger partial charge < -0.3 is 10.0 Å². The fourth-order valence-corrected chi connectivity index (χ4v) is 5.42. The maximum Gasteiger partial charge on any atom is 0.279 e. The second kappa shape index (κ2) is 6.50. The lowest BCUT2D eigenvalue weighted by molar-refractivity contribution is 0.164. The van der Waals surface area contributed by atoms with Gasteiger partial charge in [-0.3, -0.25) is 0 Å². The summed E-state index contributed by atoms with van der Waals surface area (Å²) in [4.78, 5) is 2.50. The highest BCUT2D eigenvalue weighted by Crippen LogP contribution is 2.27. The zero-order valence-corrected chi connectivity index (χ0v) is 13.4. The van der Waals surface area contributed by atoms with Gasteiger partial charge in [-0.2, -0.15) is 17.4 Å². The first-order valence-corrected chi connectivity index (χ1v) is 9.65. The average Bonchev–Trinajstić information content (AvgIpc) is 2.94. The van der Waals surface area contributed by atoms with E-state index in [0.717, 1.165) is 32.2 Å². The van der Waals surface area contributed by atoms with Crippen molar-refractivity contribution < 1.29 is 13.5 Å². The predicted octanol–water partition coefficient (Wildman–Crippen LogP) is 0.152. The third-order valence-electron chi connectivity index (χ3n) is 5.31. The molecule has 0 radical (unpaired) electrons. The minimum absolute atomic E-state index is 0.0879. The van der Waals surface area contributed by atoms with E-state index >= 15 is 0 Å². The summed E-state index contributed by atoms with van der Waals surface area (Å²) >= 11 is 0. The van der Waals surface area contributed by atoms with Crippen molar-refractivity contribution in [2.45, 2.75) is 50.6 Å². The van der Waals surface area contributed by atoms with Crippen molar-refractivity contribution in [2.24, 2.45) is 5.92 Å². The first kappa shape index (κ1) is 15.7. The number of nitrogens with one attached hydrogen (secondary N) is 1. The van der Waals surface area contributed by atoms with Crippen molar-refractivity contribution in [1.82, 2.24) is 13.9 Å².